The maximum Gasteiger partial charge on any atom is 0.573 e. The van der Waals surface area contributed by atoms with Crippen LogP contribution in [0.3, 0.4) is 0 Å². The minimum Gasteiger partial charge on any atom is -0.406 e. The number of benzene rings is 2. The van der Waals surface area contributed by atoms with Crippen LogP contribution in [0.5, 0.6) is 5.75 Å². The second-order valence-corrected chi connectivity index (χ2v) is 4.72. The molecule has 0 aliphatic heterocycles. The lowest BCUT2D eigenvalue weighted by molar-refractivity contribution is -0.274. The van der Waals surface area contributed by atoms with E-state index in [2.05, 4.69) is 4.74 Å². The van der Waals surface area contributed by atoms with Crippen LogP contribution in [0.4, 0.5) is 26.3 Å². The van der Waals surface area contributed by atoms with E-state index in [9.17, 15) is 26.3 Å². The summed E-state index contributed by atoms with van der Waals surface area (Å²) >= 11 is 0. The maximum absolute atomic E-state index is 12.7. The first-order valence-corrected chi connectivity index (χ1v) is 6.35. The molecule has 2 aromatic carbocycles. The Balaban J connectivity index is 2.22. The van der Waals surface area contributed by atoms with Gasteiger partial charge in [-0.1, -0.05) is 24.3 Å². The highest BCUT2D eigenvalue weighted by atomic mass is 19.4. The summed E-state index contributed by atoms with van der Waals surface area (Å²) in [5.41, 5.74) is 5.59. The van der Waals surface area contributed by atoms with Crippen molar-refractivity contribution in [2.24, 2.45) is 5.73 Å². The van der Waals surface area contributed by atoms with Gasteiger partial charge < -0.3 is 10.5 Å². The quantitative estimate of drug-likeness (QED) is 0.829. The van der Waals surface area contributed by atoms with Crippen LogP contribution in [0.1, 0.15) is 22.7 Å². The fourth-order valence-electron chi connectivity index (χ4n) is 1.98. The molecule has 0 amide bonds. The fourth-order valence-corrected chi connectivity index (χ4v) is 1.98. The number of hydrogen-bond acceptors (Lipinski definition) is 2. The predicted octanol–water partition coefficient (Wildman–Crippen LogP) is 4.65. The molecule has 0 fully saturated rings. The van der Waals surface area contributed by atoms with Crippen molar-refractivity contribution in [3.8, 4) is 5.75 Å². The number of alkyl halides is 6. The van der Waals surface area contributed by atoms with E-state index >= 15 is 0 Å². The Morgan fingerprint density at radius 3 is 1.96 bits per heavy atom. The van der Waals surface area contributed by atoms with Crippen LogP contribution in [0.2, 0.25) is 0 Å². The predicted molar refractivity (Wildman–Crippen MR) is 70.6 cm³/mol. The van der Waals surface area contributed by atoms with Gasteiger partial charge in [0.05, 0.1) is 11.6 Å². The lowest BCUT2D eigenvalue weighted by Crippen LogP contribution is -2.17. The van der Waals surface area contributed by atoms with Crippen molar-refractivity contribution < 1.29 is 31.1 Å². The third kappa shape index (κ3) is 4.62. The van der Waals surface area contributed by atoms with Gasteiger partial charge in [-0.05, 0) is 35.4 Å². The number of hydrogen-bond donors (Lipinski definition) is 1. The van der Waals surface area contributed by atoms with E-state index in [0.29, 0.717) is 5.56 Å². The third-order valence-corrected chi connectivity index (χ3v) is 3.05. The summed E-state index contributed by atoms with van der Waals surface area (Å²) in [5, 5.41) is 0. The zero-order valence-electron chi connectivity index (χ0n) is 11.4. The van der Waals surface area contributed by atoms with Crippen molar-refractivity contribution in [3.63, 3.8) is 0 Å². The summed E-state index contributed by atoms with van der Waals surface area (Å²) in [6, 6.07) is 8.20. The van der Waals surface area contributed by atoms with Crippen LogP contribution in [-0.4, -0.2) is 6.36 Å². The van der Waals surface area contributed by atoms with Gasteiger partial charge in [-0.3, -0.25) is 0 Å². The molecule has 2 N–H and O–H groups in total. The number of ether oxygens (including phenoxy) is 1. The monoisotopic (exact) mass is 335 g/mol. The molecule has 0 radical (unpaired) electrons. The first-order chi connectivity index (χ1) is 10.6. The average Bonchev–Trinajstić information content (AvgIpc) is 2.45. The summed E-state index contributed by atoms with van der Waals surface area (Å²) in [6.45, 7) is 0. The molecule has 0 spiro atoms. The highest BCUT2D eigenvalue weighted by Crippen LogP contribution is 2.32. The summed E-state index contributed by atoms with van der Waals surface area (Å²) in [4.78, 5) is 0. The number of rotatable bonds is 3. The van der Waals surface area contributed by atoms with E-state index in [0.717, 1.165) is 24.3 Å². The SMILES string of the molecule is N[C@@H](c1ccc(OC(F)(F)F)cc1)c1cccc(C(F)(F)F)c1. The standard InChI is InChI=1S/C15H11F6NO/c16-14(17,18)11-3-1-2-10(8-11)13(22)9-4-6-12(7-5-9)23-15(19,20)21/h1-8,13H,22H2/t13-/m0/s1. The Morgan fingerprint density at radius 1 is 0.826 bits per heavy atom. The van der Waals surface area contributed by atoms with E-state index in [-0.39, 0.29) is 5.56 Å². The molecule has 8 heteroatoms. The third-order valence-electron chi connectivity index (χ3n) is 3.05. The molecular formula is C15H11F6NO. The number of halogens is 6. The topological polar surface area (TPSA) is 35.2 Å². The summed E-state index contributed by atoms with van der Waals surface area (Å²) in [5.74, 6) is -0.433. The second kappa shape index (κ2) is 6.11. The average molecular weight is 335 g/mol. The summed E-state index contributed by atoms with van der Waals surface area (Å²) < 4.78 is 78.0. The van der Waals surface area contributed by atoms with E-state index in [1.165, 1.54) is 24.3 Å². The zero-order chi connectivity index (χ0) is 17.3. The fraction of sp³-hybridized carbons (Fsp3) is 0.200. The van der Waals surface area contributed by atoms with Crippen molar-refractivity contribution in [2.45, 2.75) is 18.6 Å². The molecule has 2 rings (SSSR count). The molecule has 124 valence electrons. The molecule has 0 unspecified atom stereocenters. The number of nitrogens with two attached hydrogens (primary N) is 1. The molecule has 2 aromatic rings. The largest absolute Gasteiger partial charge is 0.573 e. The van der Waals surface area contributed by atoms with Crippen LogP contribution in [-0.2, 0) is 6.18 Å². The molecule has 0 aromatic heterocycles. The van der Waals surface area contributed by atoms with E-state index in [4.69, 9.17) is 5.73 Å². The van der Waals surface area contributed by atoms with Crippen molar-refractivity contribution >= 4 is 0 Å². The van der Waals surface area contributed by atoms with E-state index in [1.807, 2.05) is 0 Å². The van der Waals surface area contributed by atoms with Gasteiger partial charge in [-0.25, -0.2) is 0 Å². The molecule has 1 atom stereocenters. The molecular weight excluding hydrogens is 324 g/mol. The molecule has 0 heterocycles. The first-order valence-electron chi connectivity index (χ1n) is 6.35. The van der Waals surface area contributed by atoms with E-state index < -0.39 is 29.9 Å². The normalized spacial score (nSPS) is 13.7. The van der Waals surface area contributed by atoms with Crippen molar-refractivity contribution in [1.29, 1.82) is 0 Å². The van der Waals surface area contributed by atoms with Crippen molar-refractivity contribution in [3.05, 3.63) is 65.2 Å². The van der Waals surface area contributed by atoms with Crippen molar-refractivity contribution in [1.82, 2.24) is 0 Å². The van der Waals surface area contributed by atoms with Crippen LogP contribution >= 0.6 is 0 Å². The van der Waals surface area contributed by atoms with Crippen LogP contribution in [0.25, 0.3) is 0 Å². The van der Waals surface area contributed by atoms with Crippen molar-refractivity contribution in [2.75, 3.05) is 0 Å². The highest BCUT2D eigenvalue weighted by Gasteiger charge is 2.32. The molecule has 0 saturated carbocycles. The van der Waals surface area contributed by atoms with E-state index in [1.54, 1.807) is 0 Å². The van der Waals surface area contributed by atoms with Gasteiger partial charge in [0.1, 0.15) is 5.75 Å². The van der Waals surface area contributed by atoms with Gasteiger partial charge >= 0.3 is 12.5 Å². The molecule has 23 heavy (non-hydrogen) atoms. The lowest BCUT2D eigenvalue weighted by atomic mass is 9.98. The Hall–Kier alpha value is -2.22. The highest BCUT2D eigenvalue weighted by molar-refractivity contribution is 5.37. The van der Waals surface area contributed by atoms with Crippen LogP contribution in [0.15, 0.2) is 48.5 Å². The smallest absolute Gasteiger partial charge is 0.406 e. The Bertz CT molecular complexity index is 663. The van der Waals surface area contributed by atoms with Crippen LogP contribution in [0, 0.1) is 0 Å². The van der Waals surface area contributed by atoms with Gasteiger partial charge in [0.25, 0.3) is 0 Å². The Kier molecular flexibility index (Phi) is 4.56. The Morgan fingerprint density at radius 2 is 1.43 bits per heavy atom. The Labute approximate surface area is 127 Å². The van der Waals surface area contributed by atoms with Gasteiger partial charge in [0.2, 0.25) is 0 Å². The van der Waals surface area contributed by atoms with Gasteiger partial charge in [-0.15, -0.1) is 13.2 Å². The minimum atomic E-state index is -4.81. The molecule has 0 saturated heterocycles. The second-order valence-electron chi connectivity index (χ2n) is 4.72. The molecule has 2 nitrogen and oxygen atoms in total. The molecule has 0 aliphatic rings. The first kappa shape index (κ1) is 17.1. The summed E-state index contributed by atoms with van der Waals surface area (Å²) in [7, 11) is 0. The minimum absolute atomic E-state index is 0.198. The maximum atomic E-state index is 12.7. The summed E-state index contributed by atoms with van der Waals surface area (Å²) in [6.07, 6.45) is -9.31. The molecule has 0 bridgehead atoms. The van der Waals surface area contributed by atoms with Gasteiger partial charge in [0, 0.05) is 0 Å². The zero-order valence-corrected chi connectivity index (χ0v) is 11.4. The molecule has 0 aliphatic carbocycles. The lowest BCUT2D eigenvalue weighted by Gasteiger charge is -2.16. The van der Waals surface area contributed by atoms with Gasteiger partial charge in [0.15, 0.2) is 0 Å². The van der Waals surface area contributed by atoms with Gasteiger partial charge in [-0.2, -0.15) is 13.2 Å². The van der Waals surface area contributed by atoms with Crippen LogP contribution < -0.4 is 10.5 Å².